The Hall–Kier alpha value is -2.37. The van der Waals surface area contributed by atoms with E-state index in [0.717, 1.165) is 96.3 Å². The Balaban J connectivity index is 4.09. The molecule has 0 saturated heterocycles. The molecule has 78 heavy (non-hydrogen) atoms. The number of hydrogen-bond donors (Lipinski definition) is 0. The zero-order valence-electron chi connectivity index (χ0n) is 52.7. The van der Waals surface area contributed by atoms with Gasteiger partial charge in [0.2, 0.25) is 0 Å². The first-order valence-electron chi connectivity index (χ1n) is 35.0. The predicted molar refractivity (Wildman–Crippen MR) is 339 cm³/mol. The second-order valence-corrected chi connectivity index (χ2v) is 23.8. The van der Waals surface area contributed by atoms with E-state index in [1.807, 2.05) is 0 Å². The van der Waals surface area contributed by atoms with E-state index >= 15 is 0 Å². The summed E-state index contributed by atoms with van der Waals surface area (Å²) in [4.78, 5) is 38.3. The summed E-state index contributed by atoms with van der Waals surface area (Å²) < 4.78 is 16.9. The molecule has 0 aliphatic rings. The van der Waals surface area contributed by atoms with Gasteiger partial charge in [-0.05, 0) is 51.4 Å². The van der Waals surface area contributed by atoms with Gasteiger partial charge in [0.15, 0.2) is 6.10 Å². The molecule has 0 aliphatic carbocycles. The highest BCUT2D eigenvalue weighted by Crippen LogP contribution is 2.19. The van der Waals surface area contributed by atoms with Gasteiger partial charge in [-0.2, -0.15) is 0 Å². The van der Waals surface area contributed by atoms with Crippen LogP contribution in [-0.4, -0.2) is 37.2 Å². The summed E-state index contributed by atoms with van der Waals surface area (Å²) in [6.07, 6.45) is 83.4. The maximum Gasteiger partial charge on any atom is 0.306 e. The number of carbonyl (C=O) groups is 3. The second-order valence-electron chi connectivity index (χ2n) is 23.8. The van der Waals surface area contributed by atoms with Crippen molar-refractivity contribution < 1.29 is 28.6 Å². The molecule has 1 unspecified atom stereocenters. The largest absolute Gasteiger partial charge is 0.462 e. The second kappa shape index (κ2) is 67.1. The lowest BCUT2D eigenvalue weighted by molar-refractivity contribution is -0.167. The molecular weight excluding hydrogens is 961 g/mol. The lowest BCUT2D eigenvalue weighted by Crippen LogP contribution is -2.30. The number of unbranched alkanes of at least 4 members (excludes halogenated alkanes) is 48. The number of allylic oxidation sites excluding steroid dienone is 6. The fourth-order valence-electron chi connectivity index (χ4n) is 10.7. The first kappa shape index (κ1) is 75.6. The van der Waals surface area contributed by atoms with Crippen molar-refractivity contribution in [1.82, 2.24) is 0 Å². The lowest BCUT2D eigenvalue weighted by Gasteiger charge is -2.18. The van der Waals surface area contributed by atoms with Crippen molar-refractivity contribution in [2.45, 2.75) is 393 Å². The maximum atomic E-state index is 12.9. The smallest absolute Gasteiger partial charge is 0.306 e. The fraction of sp³-hybridized carbons (Fsp3) is 0.875. The Morgan fingerprint density at radius 1 is 0.269 bits per heavy atom. The molecule has 0 amide bonds. The molecular formula is C72H134O6. The van der Waals surface area contributed by atoms with Gasteiger partial charge >= 0.3 is 17.9 Å². The monoisotopic (exact) mass is 1100 g/mol. The van der Waals surface area contributed by atoms with E-state index in [9.17, 15) is 14.4 Å². The molecule has 0 aromatic carbocycles. The molecule has 0 heterocycles. The fourth-order valence-corrected chi connectivity index (χ4v) is 10.7. The van der Waals surface area contributed by atoms with Gasteiger partial charge in [-0.3, -0.25) is 14.4 Å². The summed E-state index contributed by atoms with van der Waals surface area (Å²) >= 11 is 0. The van der Waals surface area contributed by atoms with Gasteiger partial charge in [-0.25, -0.2) is 0 Å². The number of rotatable bonds is 65. The SMILES string of the molecule is CC/C=C\C/C=C\C/C=C\CCCCCCCC(=O)OC(COC(=O)CCCCCCCCCCCCCCC)COC(=O)CCCCCCCCCCCCCCCCCCCCCCCCCCCCCCCCCC. The van der Waals surface area contributed by atoms with E-state index in [1.54, 1.807) is 0 Å². The van der Waals surface area contributed by atoms with Crippen LogP contribution in [0.2, 0.25) is 0 Å². The molecule has 0 aromatic heterocycles. The van der Waals surface area contributed by atoms with E-state index in [-0.39, 0.29) is 31.1 Å². The van der Waals surface area contributed by atoms with Gasteiger partial charge in [-0.1, -0.05) is 353 Å². The number of ether oxygens (including phenoxy) is 3. The van der Waals surface area contributed by atoms with Crippen molar-refractivity contribution >= 4 is 17.9 Å². The molecule has 1 atom stereocenters. The molecule has 0 N–H and O–H groups in total. The Kier molecular flexibility index (Phi) is 65.1. The summed E-state index contributed by atoms with van der Waals surface area (Å²) in [5.41, 5.74) is 0. The van der Waals surface area contributed by atoms with Crippen LogP contribution in [0.15, 0.2) is 36.5 Å². The van der Waals surface area contributed by atoms with Crippen molar-refractivity contribution in [3.05, 3.63) is 36.5 Å². The molecule has 0 fully saturated rings. The quantitative estimate of drug-likeness (QED) is 0.0261. The highest BCUT2D eigenvalue weighted by molar-refractivity contribution is 5.71. The third kappa shape index (κ3) is 64.5. The molecule has 0 spiro atoms. The van der Waals surface area contributed by atoms with Crippen molar-refractivity contribution in [2.75, 3.05) is 13.2 Å². The zero-order valence-corrected chi connectivity index (χ0v) is 52.7. The minimum Gasteiger partial charge on any atom is -0.462 e. The molecule has 0 radical (unpaired) electrons. The predicted octanol–water partition coefficient (Wildman–Crippen LogP) is 23.9. The molecule has 0 aliphatic heterocycles. The van der Waals surface area contributed by atoms with Gasteiger partial charge in [0.05, 0.1) is 0 Å². The van der Waals surface area contributed by atoms with Crippen molar-refractivity contribution in [2.24, 2.45) is 0 Å². The van der Waals surface area contributed by atoms with Gasteiger partial charge in [0.25, 0.3) is 0 Å². The van der Waals surface area contributed by atoms with Crippen LogP contribution in [-0.2, 0) is 28.6 Å². The van der Waals surface area contributed by atoms with E-state index in [4.69, 9.17) is 14.2 Å². The molecule has 458 valence electrons. The van der Waals surface area contributed by atoms with Crippen LogP contribution in [0.25, 0.3) is 0 Å². The highest BCUT2D eigenvalue weighted by Gasteiger charge is 2.19. The first-order chi connectivity index (χ1) is 38.5. The van der Waals surface area contributed by atoms with Crippen LogP contribution in [0.3, 0.4) is 0 Å². The van der Waals surface area contributed by atoms with Crippen LogP contribution >= 0.6 is 0 Å². The topological polar surface area (TPSA) is 78.9 Å². The Morgan fingerprint density at radius 3 is 0.782 bits per heavy atom. The van der Waals surface area contributed by atoms with Crippen molar-refractivity contribution in [3.8, 4) is 0 Å². The number of esters is 3. The van der Waals surface area contributed by atoms with Crippen LogP contribution in [0.4, 0.5) is 0 Å². The average Bonchev–Trinajstić information content (AvgIpc) is 3.44. The van der Waals surface area contributed by atoms with Gasteiger partial charge in [0, 0.05) is 19.3 Å². The van der Waals surface area contributed by atoms with Gasteiger partial charge in [-0.15, -0.1) is 0 Å². The highest BCUT2D eigenvalue weighted by atomic mass is 16.6. The summed E-state index contributed by atoms with van der Waals surface area (Å²) in [6, 6.07) is 0. The molecule has 0 aromatic rings. The van der Waals surface area contributed by atoms with Gasteiger partial charge < -0.3 is 14.2 Å². The summed E-state index contributed by atoms with van der Waals surface area (Å²) in [5, 5.41) is 0. The van der Waals surface area contributed by atoms with Crippen LogP contribution in [0.5, 0.6) is 0 Å². The summed E-state index contributed by atoms with van der Waals surface area (Å²) in [7, 11) is 0. The van der Waals surface area contributed by atoms with Crippen molar-refractivity contribution in [3.63, 3.8) is 0 Å². The Bertz CT molecular complexity index is 1300. The van der Waals surface area contributed by atoms with E-state index in [1.165, 1.54) is 250 Å². The average molecular weight is 1100 g/mol. The molecule has 0 bridgehead atoms. The number of carbonyl (C=O) groups excluding carboxylic acids is 3. The molecule has 6 heteroatoms. The number of hydrogen-bond acceptors (Lipinski definition) is 6. The minimum atomic E-state index is -0.778. The first-order valence-corrected chi connectivity index (χ1v) is 35.0. The lowest BCUT2D eigenvalue weighted by atomic mass is 10.0. The van der Waals surface area contributed by atoms with Gasteiger partial charge in [0.1, 0.15) is 13.2 Å². The normalized spacial score (nSPS) is 12.2. The van der Waals surface area contributed by atoms with Crippen molar-refractivity contribution in [1.29, 1.82) is 0 Å². The Morgan fingerprint density at radius 2 is 0.500 bits per heavy atom. The molecule has 0 saturated carbocycles. The third-order valence-electron chi connectivity index (χ3n) is 15.9. The molecule has 6 nitrogen and oxygen atoms in total. The van der Waals surface area contributed by atoms with E-state index in [2.05, 4.69) is 57.2 Å². The zero-order chi connectivity index (χ0) is 56.4. The van der Waals surface area contributed by atoms with E-state index < -0.39 is 6.10 Å². The maximum absolute atomic E-state index is 12.9. The third-order valence-corrected chi connectivity index (χ3v) is 15.9. The Labute approximate surface area is 486 Å². The van der Waals surface area contributed by atoms with Crippen LogP contribution < -0.4 is 0 Å². The molecule has 0 rings (SSSR count). The standard InChI is InChI=1S/C72H134O6/c1-4-7-10-13-16-19-22-25-27-28-29-30-31-32-33-34-35-36-37-38-39-40-41-42-43-45-47-50-53-56-59-62-65-71(74)77-68-69(67-76-70(73)64-61-58-55-52-49-46-24-21-18-15-12-9-6-3)78-72(75)66-63-60-57-54-51-48-44-26-23-20-17-14-11-8-5-2/h8,11,17,20,26,44,69H,4-7,9-10,12-16,18-19,21-25,27-43,45-68H2,1-3H3/b11-8-,20-17-,44-26-. The summed E-state index contributed by atoms with van der Waals surface area (Å²) in [5.74, 6) is -0.866. The van der Waals surface area contributed by atoms with E-state index in [0.29, 0.717) is 19.3 Å². The van der Waals surface area contributed by atoms with Crippen LogP contribution in [0.1, 0.15) is 387 Å². The van der Waals surface area contributed by atoms with Crippen LogP contribution in [0, 0.1) is 0 Å². The minimum absolute atomic E-state index is 0.0740. The summed E-state index contributed by atoms with van der Waals surface area (Å²) in [6.45, 7) is 6.58.